The molecule has 0 saturated carbocycles. The number of rotatable bonds is 5. The molecule has 1 aromatic heterocycles. The molecule has 4 heteroatoms. The largest absolute Gasteiger partial charge is 0.360 e. The second-order valence-corrected chi connectivity index (χ2v) is 4.64. The fraction of sp³-hybridized carbons (Fsp3) is 0.667. The molecule has 0 spiro atoms. The Hall–Kier alpha value is -1.16. The van der Waals surface area contributed by atoms with Gasteiger partial charge in [-0.3, -0.25) is 0 Å². The van der Waals surface area contributed by atoms with Crippen LogP contribution in [0.5, 0.6) is 0 Å². The van der Waals surface area contributed by atoms with E-state index < -0.39 is 0 Å². The van der Waals surface area contributed by atoms with Crippen LogP contribution in [-0.2, 0) is 0 Å². The lowest BCUT2D eigenvalue weighted by Gasteiger charge is -2.22. The van der Waals surface area contributed by atoms with E-state index in [0.29, 0.717) is 5.92 Å². The number of aromatic nitrogens is 2. The summed E-state index contributed by atoms with van der Waals surface area (Å²) in [4.78, 5) is 10.4. The maximum Gasteiger partial charge on any atom is 0.131 e. The lowest BCUT2D eigenvalue weighted by Crippen LogP contribution is -2.32. The summed E-state index contributed by atoms with van der Waals surface area (Å²) in [5.41, 5.74) is 7.00. The molecule has 0 saturated heterocycles. The average molecular weight is 222 g/mol. The summed E-state index contributed by atoms with van der Waals surface area (Å²) < 4.78 is 0. The highest BCUT2D eigenvalue weighted by Gasteiger charge is 2.09. The minimum absolute atomic E-state index is 0.255. The predicted octanol–water partition coefficient (Wildman–Crippen LogP) is 1.59. The third-order valence-corrected chi connectivity index (χ3v) is 2.83. The molecule has 90 valence electrons. The lowest BCUT2D eigenvalue weighted by molar-refractivity contribution is 0.465. The third kappa shape index (κ3) is 3.77. The van der Waals surface area contributed by atoms with Crippen molar-refractivity contribution in [1.82, 2.24) is 9.97 Å². The van der Waals surface area contributed by atoms with E-state index in [4.69, 9.17) is 5.73 Å². The van der Waals surface area contributed by atoms with Gasteiger partial charge in [-0.1, -0.05) is 13.8 Å². The van der Waals surface area contributed by atoms with Crippen molar-refractivity contribution in [2.45, 2.75) is 33.2 Å². The number of nitrogens with zero attached hydrogens (tertiary/aromatic N) is 3. The molecular formula is C12H22N4. The molecule has 0 aliphatic rings. The predicted molar refractivity (Wildman–Crippen MR) is 67.5 cm³/mol. The molecule has 4 nitrogen and oxygen atoms in total. The standard InChI is InChI=1S/C12H22N4/c1-9(2)11(13)5-6-16(4)12-7-10(3)14-8-15-12/h7-9,11H,5-6,13H2,1-4H3. The highest BCUT2D eigenvalue weighted by Crippen LogP contribution is 2.10. The van der Waals surface area contributed by atoms with Gasteiger partial charge in [-0.25, -0.2) is 9.97 Å². The first-order valence-electron chi connectivity index (χ1n) is 5.76. The third-order valence-electron chi connectivity index (χ3n) is 2.83. The summed E-state index contributed by atoms with van der Waals surface area (Å²) >= 11 is 0. The summed E-state index contributed by atoms with van der Waals surface area (Å²) in [5, 5.41) is 0. The Morgan fingerprint density at radius 2 is 2.06 bits per heavy atom. The van der Waals surface area contributed by atoms with E-state index in [-0.39, 0.29) is 6.04 Å². The fourth-order valence-corrected chi connectivity index (χ4v) is 1.44. The summed E-state index contributed by atoms with van der Waals surface area (Å²) in [6.45, 7) is 7.20. The molecule has 0 bridgehead atoms. The quantitative estimate of drug-likeness (QED) is 0.822. The molecule has 1 aromatic rings. The summed E-state index contributed by atoms with van der Waals surface area (Å²) in [6, 6.07) is 2.24. The van der Waals surface area contributed by atoms with Crippen molar-refractivity contribution in [3.05, 3.63) is 18.1 Å². The van der Waals surface area contributed by atoms with E-state index in [2.05, 4.69) is 28.7 Å². The second kappa shape index (κ2) is 5.80. The molecule has 0 aliphatic carbocycles. The first kappa shape index (κ1) is 12.9. The second-order valence-electron chi connectivity index (χ2n) is 4.64. The molecule has 1 atom stereocenters. The van der Waals surface area contributed by atoms with E-state index in [1.54, 1.807) is 6.33 Å². The van der Waals surface area contributed by atoms with Crippen molar-refractivity contribution >= 4 is 5.82 Å². The number of anilines is 1. The Kier molecular flexibility index (Phi) is 4.68. The van der Waals surface area contributed by atoms with Crippen LogP contribution in [-0.4, -0.2) is 29.6 Å². The Morgan fingerprint density at radius 1 is 1.38 bits per heavy atom. The normalized spacial score (nSPS) is 12.9. The van der Waals surface area contributed by atoms with Gasteiger partial charge in [0.25, 0.3) is 0 Å². The van der Waals surface area contributed by atoms with Crippen LogP contribution in [0.3, 0.4) is 0 Å². The van der Waals surface area contributed by atoms with Gasteiger partial charge >= 0.3 is 0 Å². The average Bonchev–Trinajstić information content (AvgIpc) is 2.25. The molecule has 0 radical (unpaired) electrons. The number of hydrogen-bond acceptors (Lipinski definition) is 4. The van der Waals surface area contributed by atoms with Gasteiger partial charge in [-0.15, -0.1) is 0 Å². The van der Waals surface area contributed by atoms with E-state index in [1.807, 2.05) is 20.0 Å². The van der Waals surface area contributed by atoms with Gasteiger partial charge in [0.15, 0.2) is 0 Å². The van der Waals surface area contributed by atoms with Crippen LogP contribution in [0.15, 0.2) is 12.4 Å². The van der Waals surface area contributed by atoms with Crippen LogP contribution in [0.4, 0.5) is 5.82 Å². The molecule has 16 heavy (non-hydrogen) atoms. The highest BCUT2D eigenvalue weighted by atomic mass is 15.2. The van der Waals surface area contributed by atoms with Crippen LogP contribution in [0.25, 0.3) is 0 Å². The maximum atomic E-state index is 6.01. The Bertz CT molecular complexity index is 325. The Morgan fingerprint density at radius 3 is 2.62 bits per heavy atom. The Balaban J connectivity index is 2.49. The van der Waals surface area contributed by atoms with Gasteiger partial charge in [0.05, 0.1) is 0 Å². The molecular weight excluding hydrogens is 200 g/mol. The molecule has 0 amide bonds. The summed E-state index contributed by atoms with van der Waals surface area (Å²) in [5.74, 6) is 1.49. The van der Waals surface area contributed by atoms with Crippen molar-refractivity contribution in [3.63, 3.8) is 0 Å². The van der Waals surface area contributed by atoms with Crippen molar-refractivity contribution < 1.29 is 0 Å². The van der Waals surface area contributed by atoms with Crippen LogP contribution in [0.2, 0.25) is 0 Å². The lowest BCUT2D eigenvalue weighted by atomic mass is 10.0. The van der Waals surface area contributed by atoms with E-state index in [9.17, 15) is 0 Å². The molecule has 0 aromatic carbocycles. The fourth-order valence-electron chi connectivity index (χ4n) is 1.44. The number of aryl methyl sites for hydroxylation is 1. The highest BCUT2D eigenvalue weighted by molar-refractivity contribution is 5.37. The number of hydrogen-bond donors (Lipinski definition) is 1. The number of nitrogens with two attached hydrogens (primary N) is 1. The Labute approximate surface area is 97.9 Å². The van der Waals surface area contributed by atoms with Crippen molar-refractivity contribution in [1.29, 1.82) is 0 Å². The zero-order chi connectivity index (χ0) is 12.1. The van der Waals surface area contributed by atoms with Crippen LogP contribution in [0.1, 0.15) is 26.0 Å². The molecule has 2 N–H and O–H groups in total. The minimum Gasteiger partial charge on any atom is -0.360 e. The first-order chi connectivity index (χ1) is 7.50. The van der Waals surface area contributed by atoms with Gasteiger partial charge in [0, 0.05) is 31.4 Å². The minimum atomic E-state index is 0.255. The first-order valence-corrected chi connectivity index (χ1v) is 5.76. The topological polar surface area (TPSA) is 55.0 Å². The molecule has 1 heterocycles. The molecule has 1 rings (SSSR count). The monoisotopic (exact) mass is 222 g/mol. The van der Waals surface area contributed by atoms with Gasteiger partial charge in [-0.05, 0) is 19.3 Å². The van der Waals surface area contributed by atoms with Crippen LogP contribution < -0.4 is 10.6 Å². The summed E-state index contributed by atoms with van der Waals surface area (Å²) in [7, 11) is 2.04. The van der Waals surface area contributed by atoms with Crippen molar-refractivity contribution in [2.24, 2.45) is 11.7 Å². The smallest absolute Gasteiger partial charge is 0.131 e. The van der Waals surface area contributed by atoms with Gasteiger partial charge < -0.3 is 10.6 Å². The summed E-state index contributed by atoms with van der Waals surface area (Å²) in [6.07, 6.45) is 2.58. The van der Waals surface area contributed by atoms with Gasteiger partial charge in [-0.2, -0.15) is 0 Å². The molecule has 1 unspecified atom stereocenters. The molecule has 0 aliphatic heterocycles. The van der Waals surface area contributed by atoms with E-state index in [1.165, 1.54) is 0 Å². The van der Waals surface area contributed by atoms with Crippen LogP contribution in [0, 0.1) is 12.8 Å². The zero-order valence-corrected chi connectivity index (χ0v) is 10.6. The van der Waals surface area contributed by atoms with Crippen molar-refractivity contribution in [3.8, 4) is 0 Å². The SMILES string of the molecule is Cc1cc(N(C)CCC(N)C(C)C)ncn1. The van der Waals surface area contributed by atoms with E-state index in [0.717, 1.165) is 24.5 Å². The van der Waals surface area contributed by atoms with Gasteiger partial charge in [0.1, 0.15) is 12.1 Å². The molecule has 0 fully saturated rings. The maximum absolute atomic E-state index is 6.01. The van der Waals surface area contributed by atoms with E-state index >= 15 is 0 Å². The van der Waals surface area contributed by atoms with Crippen molar-refractivity contribution in [2.75, 3.05) is 18.5 Å². The van der Waals surface area contributed by atoms with Gasteiger partial charge in [0.2, 0.25) is 0 Å². The van der Waals surface area contributed by atoms with Crippen LogP contribution >= 0.6 is 0 Å². The zero-order valence-electron chi connectivity index (χ0n) is 10.6.